The first kappa shape index (κ1) is 19.0. The Morgan fingerprint density at radius 2 is 2.00 bits per heavy atom. The van der Waals surface area contributed by atoms with Crippen molar-refractivity contribution in [3.05, 3.63) is 54.1 Å². The number of aliphatic carboxylic acids is 1. The molecule has 0 saturated carbocycles. The molecule has 0 bridgehead atoms. The molecule has 0 unspecified atom stereocenters. The summed E-state index contributed by atoms with van der Waals surface area (Å²) in [5.41, 5.74) is 1.96. The van der Waals surface area contributed by atoms with E-state index in [2.05, 4.69) is 11.0 Å². The Bertz CT molecular complexity index is 746. The van der Waals surface area contributed by atoms with Gasteiger partial charge in [-0.05, 0) is 36.8 Å². The fourth-order valence-corrected chi connectivity index (χ4v) is 3.08. The summed E-state index contributed by atoms with van der Waals surface area (Å²) >= 11 is 0. The van der Waals surface area contributed by atoms with Crippen molar-refractivity contribution in [2.24, 2.45) is 0 Å². The van der Waals surface area contributed by atoms with Gasteiger partial charge in [0.2, 0.25) is 0 Å². The van der Waals surface area contributed by atoms with Crippen LogP contribution in [0.4, 0.5) is 5.69 Å². The molecule has 0 amide bonds. The van der Waals surface area contributed by atoms with Crippen molar-refractivity contribution < 1.29 is 24.1 Å². The minimum absolute atomic E-state index is 0.279. The molecule has 1 atom stereocenters. The summed E-state index contributed by atoms with van der Waals surface area (Å²) < 4.78 is 16.7. The highest BCUT2D eigenvalue weighted by molar-refractivity contribution is 5.70. The molecule has 0 radical (unpaired) electrons. The minimum atomic E-state index is -1.19. The Morgan fingerprint density at radius 1 is 1.22 bits per heavy atom. The summed E-state index contributed by atoms with van der Waals surface area (Å²) in [5, 5.41) is 11.1. The highest BCUT2D eigenvalue weighted by Crippen LogP contribution is 2.30. The quantitative estimate of drug-likeness (QED) is 0.669. The maximum atomic E-state index is 11.1. The Kier molecular flexibility index (Phi) is 6.54. The number of carboxylic acid groups (broad SMARTS) is 1. The molecule has 144 valence electrons. The highest BCUT2D eigenvalue weighted by Gasteiger charge is 2.17. The van der Waals surface area contributed by atoms with Crippen LogP contribution >= 0.6 is 0 Å². The van der Waals surface area contributed by atoms with Gasteiger partial charge in [-0.15, -0.1) is 0 Å². The smallest absolute Gasteiger partial charge is 0.142 e. The van der Waals surface area contributed by atoms with Crippen LogP contribution in [0.3, 0.4) is 0 Å². The third-order valence-electron chi connectivity index (χ3n) is 4.43. The average molecular weight is 370 g/mol. The molecule has 0 saturated heterocycles. The molecule has 0 aromatic heterocycles. The number of carbonyl (C=O) groups is 1. The second-order valence-corrected chi connectivity index (χ2v) is 6.26. The van der Waals surface area contributed by atoms with Gasteiger partial charge in [-0.3, -0.25) is 0 Å². The van der Waals surface area contributed by atoms with Gasteiger partial charge in [-0.25, -0.2) is 0 Å². The summed E-state index contributed by atoms with van der Waals surface area (Å²) in [4.78, 5) is 13.3. The number of carboxylic acids is 1. The molecule has 2 aromatic carbocycles. The van der Waals surface area contributed by atoms with Crippen molar-refractivity contribution in [1.29, 1.82) is 0 Å². The van der Waals surface area contributed by atoms with Gasteiger partial charge in [0.15, 0.2) is 0 Å². The zero-order valence-corrected chi connectivity index (χ0v) is 15.4. The fraction of sp³-hybridized carbons (Fsp3) is 0.381. The van der Waals surface area contributed by atoms with Crippen LogP contribution in [0.2, 0.25) is 0 Å². The maximum Gasteiger partial charge on any atom is 0.142 e. The van der Waals surface area contributed by atoms with Gasteiger partial charge in [0, 0.05) is 13.0 Å². The molecule has 0 N–H and O–H groups in total. The first-order valence-electron chi connectivity index (χ1n) is 9.18. The number of carbonyl (C=O) groups excluding carboxylic acids is 1. The minimum Gasteiger partial charge on any atom is -0.547 e. The normalized spacial score (nSPS) is 14.2. The third-order valence-corrected chi connectivity index (χ3v) is 4.43. The van der Waals surface area contributed by atoms with Crippen LogP contribution in [0.25, 0.3) is 0 Å². The van der Waals surface area contributed by atoms with Gasteiger partial charge in [-0.1, -0.05) is 24.3 Å². The molecule has 6 heteroatoms. The Balaban J connectivity index is 1.50. The Hall–Kier alpha value is -2.73. The summed E-state index contributed by atoms with van der Waals surface area (Å²) in [5.74, 6) is 0.467. The van der Waals surface area contributed by atoms with Gasteiger partial charge in [-0.2, -0.15) is 0 Å². The Labute approximate surface area is 159 Å². The number of fused-ring (bicyclic) bond motifs is 1. The molecule has 1 heterocycles. The number of para-hydroxylation sites is 2. The van der Waals surface area contributed by atoms with Crippen molar-refractivity contribution in [3.8, 4) is 11.5 Å². The molecule has 2 aromatic rings. The summed E-state index contributed by atoms with van der Waals surface area (Å²) in [6.07, 6.45) is -0.649. The topological polar surface area (TPSA) is 71.1 Å². The van der Waals surface area contributed by atoms with E-state index >= 15 is 0 Å². The number of ether oxygens (including phenoxy) is 3. The Morgan fingerprint density at radius 3 is 2.74 bits per heavy atom. The first-order chi connectivity index (χ1) is 13.2. The number of benzene rings is 2. The largest absolute Gasteiger partial charge is 0.547 e. The van der Waals surface area contributed by atoms with Gasteiger partial charge in [0.05, 0.1) is 24.7 Å². The third kappa shape index (κ3) is 5.14. The predicted molar refractivity (Wildman–Crippen MR) is 100 cm³/mol. The van der Waals surface area contributed by atoms with Crippen LogP contribution in [-0.2, 0) is 16.0 Å². The van der Waals surface area contributed by atoms with E-state index in [0.717, 1.165) is 35.8 Å². The van der Waals surface area contributed by atoms with Crippen LogP contribution in [0.15, 0.2) is 48.5 Å². The molecule has 0 spiro atoms. The van der Waals surface area contributed by atoms with Crippen LogP contribution in [0.5, 0.6) is 11.5 Å². The summed E-state index contributed by atoms with van der Waals surface area (Å²) in [6.45, 7) is 4.92. The predicted octanol–water partition coefficient (Wildman–Crippen LogP) is 1.66. The average Bonchev–Trinajstić information content (AvgIpc) is 2.69. The van der Waals surface area contributed by atoms with Crippen LogP contribution < -0.4 is 19.5 Å². The lowest BCUT2D eigenvalue weighted by Crippen LogP contribution is -2.39. The molecule has 6 nitrogen and oxygen atoms in total. The van der Waals surface area contributed by atoms with Gasteiger partial charge < -0.3 is 29.0 Å². The number of nitrogens with zero attached hydrogens (tertiary/aromatic N) is 1. The zero-order valence-electron chi connectivity index (χ0n) is 15.4. The number of hydrogen-bond donors (Lipinski definition) is 0. The van der Waals surface area contributed by atoms with E-state index in [-0.39, 0.29) is 6.42 Å². The van der Waals surface area contributed by atoms with Crippen molar-refractivity contribution in [2.45, 2.75) is 19.4 Å². The van der Waals surface area contributed by atoms with Crippen LogP contribution in [0, 0.1) is 0 Å². The van der Waals surface area contributed by atoms with E-state index in [4.69, 9.17) is 14.2 Å². The molecule has 0 aliphatic carbocycles. The van der Waals surface area contributed by atoms with E-state index in [1.807, 2.05) is 42.5 Å². The van der Waals surface area contributed by atoms with E-state index in [0.29, 0.717) is 19.8 Å². The van der Waals surface area contributed by atoms with E-state index in [9.17, 15) is 9.90 Å². The van der Waals surface area contributed by atoms with Crippen molar-refractivity contribution >= 4 is 11.7 Å². The molecule has 1 aliphatic heterocycles. The maximum absolute atomic E-state index is 11.1. The molecule has 27 heavy (non-hydrogen) atoms. The second-order valence-electron chi connectivity index (χ2n) is 6.26. The number of hydrogen-bond acceptors (Lipinski definition) is 6. The van der Waals surface area contributed by atoms with Crippen LogP contribution in [0.1, 0.15) is 12.5 Å². The second kappa shape index (κ2) is 9.28. The van der Waals surface area contributed by atoms with Crippen molar-refractivity contribution in [1.82, 2.24) is 0 Å². The van der Waals surface area contributed by atoms with Crippen molar-refractivity contribution in [2.75, 3.05) is 37.8 Å². The zero-order chi connectivity index (χ0) is 19.1. The molecule has 3 rings (SSSR count). The lowest BCUT2D eigenvalue weighted by atomic mass is 10.1. The van der Waals surface area contributed by atoms with Gasteiger partial charge >= 0.3 is 0 Å². The van der Waals surface area contributed by atoms with Crippen LogP contribution in [-0.4, -0.2) is 45.0 Å². The standard InChI is InChI=1S/C21H25NO5/c1-2-25-20(21(23)24)15-16-7-9-17(10-8-16)26-13-11-22-12-14-27-19-6-4-3-5-18(19)22/h3-10,20H,2,11-15H2,1H3,(H,23,24)/p-1/t20-/m0/s1. The SMILES string of the molecule is CCO[C@@H](Cc1ccc(OCCN2CCOc3ccccc32)cc1)C(=O)[O-]. The summed E-state index contributed by atoms with van der Waals surface area (Å²) in [6, 6.07) is 15.4. The van der Waals surface area contributed by atoms with E-state index < -0.39 is 12.1 Å². The molecular weight excluding hydrogens is 346 g/mol. The number of anilines is 1. The lowest BCUT2D eigenvalue weighted by Gasteiger charge is -2.31. The monoisotopic (exact) mass is 370 g/mol. The van der Waals surface area contributed by atoms with E-state index in [1.54, 1.807) is 6.92 Å². The first-order valence-corrected chi connectivity index (χ1v) is 9.18. The van der Waals surface area contributed by atoms with Gasteiger partial charge in [0.1, 0.15) is 30.8 Å². The lowest BCUT2D eigenvalue weighted by molar-refractivity contribution is -0.316. The van der Waals surface area contributed by atoms with E-state index in [1.165, 1.54) is 0 Å². The number of rotatable bonds is 9. The molecular formula is C21H24NO5-. The fourth-order valence-electron chi connectivity index (χ4n) is 3.08. The molecule has 1 aliphatic rings. The molecule has 0 fully saturated rings. The van der Waals surface area contributed by atoms with Gasteiger partial charge in [0.25, 0.3) is 0 Å². The summed E-state index contributed by atoms with van der Waals surface area (Å²) in [7, 11) is 0. The highest BCUT2D eigenvalue weighted by atomic mass is 16.5. The van der Waals surface area contributed by atoms with Crippen molar-refractivity contribution in [3.63, 3.8) is 0 Å².